The standard InChI is InChI=1S/C20H26N6/c1-13-8-18(23-20(22-13)15-6-7-15)21-10-14-11-26(12-14)19-9-16-4-2-3-5-17(16)24-25-19/h8-9,14-15H,2-7,10-12H2,1H3,(H,21,22,23). The number of fused-ring (bicyclic) bond motifs is 1. The van der Waals surface area contributed by atoms with Crippen molar-refractivity contribution in [3.8, 4) is 0 Å². The normalized spacial score (nSPS) is 19.8. The van der Waals surface area contributed by atoms with Crippen LogP contribution in [0, 0.1) is 12.8 Å². The SMILES string of the molecule is Cc1cc(NCC2CN(c3cc4c(nn3)CCCC4)C2)nc(C2CC2)n1. The third kappa shape index (κ3) is 3.24. The lowest BCUT2D eigenvalue weighted by Gasteiger charge is -2.40. The summed E-state index contributed by atoms with van der Waals surface area (Å²) in [6.45, 7) is 5.09. The van der Waals surface area contributed by atoms with Gasteiger partial charge in [0.2, 0.25) is 0 Å². The molecule has 1 aliphatic heterocycles. The van der Waals surface area contributed by atoms with Gasteiger partial charge in [-0.15, -0.1) is 5.10 Å². The third-order valence-corrected chi connectivity index (χ3v) is 5.72. The van der Waals surface area contributed by atoms with E-state index < -0.39 is 0 Å². The van der Waals surface area contributed by atoms with E-state index in [-0.39, 0.29) is 0 Å². The molecule has 1 saturated heterocycles. The van der Waals surface area contributed by atoms with Crippen LogP contribution in [0.5, 0.6) is 0 Å². The number of hydrogen-bond donors (Lipinski definition) is 1. The van der Waals surface area contributed by atoms with Gasteiger partial charge in [0.15, 0.2) is 5.82 Å². The molecule has 3 aliphatic rings. The van der Waals surface area contributed by atoms with Gasteiger partial charge >= 0.3 is 0 Å². The largest absolute Gasteiger partial charge is 0.370 e. The quantitative estimate of drug-likeness (QED) is 0.894. The van der Waals surface area contributed by atoms with Crippen molar-refractivity contribution < 1.29 is 0 Å². The molecule has 5 rings (SSSR count). The third-order valence-electron chi connectivity index (χ3n) is 5.72. The van der Waals surface area contributed by atoms with E-state index in [0.29, 0.717) is 11.8 Å². The van der Waals surface area contributed by atoms with Crippen molar-refractivity contribution in [1.82, 2.24) is 20.2 Å². The lowest BCUT2D eigenvalue weighted by molar-refractivity contribution is 0.424. The lowest BCUT2D eigenvalue weighted by Crippen LogP contribution is -2.50. The minimum atomic E-state index is 0.595. The molecule has 0 aromatic carbocycles. The van der Waals surface area contributed by atoms with Crippen LogP contribution in [0.2, 0.25) is 0 Å². The molecule has 0 radical (unpaired) electrons. The van der Waals surface area contributed by atoms with Crippen LogP contribution in [-0.4, -0.2) is 39.8 Å². The van der Waals surface area contributed by atoms with E-state index in [1.807, 2.05) is 0 Å². The van der Waals surface area contributed by atoms with Gasteiger partial charge in [0.1, 0.15) is 11.6 Å². The Morgan fingerprint density at radius 2 is 1.92 bits per heavy atom. The van der Waals surface area contributed by atoms with Gasteiger partial charge in [0.05, 0.1) is 5.69 Å². The minimum Gasteiger partial charge on any atom is -0.370 e. The Labute approximate surface area is 154 Å². The molecule has 2 aromatic rings. The topological polar surface area (TPSA) is 66.8 Å². The van der Waals surface area contributed by atoms with Crippen LogP contribution < -0.4 is 10.2 Å². The molecule has 2 aromatic heterocycles. The Bertz CT molecular complexity index is 810. The number of hydrogen-bond acceptors (Lipinski definition) is 6. The molecule has 26 heavy (non-hydrogen) atoms. The maximum absolute atomic E-state index is 4.69. The Morgan fingerprint density at radius 1 is 1.08 bits per heavy atom. The molecular formula is C20H26N6. The molecular weight excluding hydrogens is 324 g/mol. The minimum absolute atomic E-state index is 0.595. The van der Waals surface area contributed by atoms with Crippen molar-refractivity contribution in [3.63, 3.8) is 0 Å². The molecule has 0 bridgehead atoms. The van der Waals surface area contributed by atoms with Gasteiger partial charge in [-0.25, -0.2) is 9.97 Å². The van der Waals surface area contributed by atoms with Crippen LogP contribution in [0.25, 0.3) is 0 Å². The number of nitrogens with zero attached hydrogens (tertiary/aromatic N) is 5. The maximum Gasteiger partial charge on any atom is 0.151 e. The summed E-state index contributed by atoms with van der Waals surface area (Å²) in [5.74, 6) is 4.28. The predicted octanol–water partition coefficient (Wildman–Crippen LogP) is 2.88. The zero-order chi connectivity index (χ0) is 17.5. The van der Waals surface area contributed by atoms with Gasteiger partial charge in [0, 0.05) is 43.2 Å². The van der Waals surface area contributed by atoms with E-state index in [4.69, 9.17) is 4.98 Å². The average Bonchev–Trinajstić information content (AvgIpc) is 3.45. The highest BCUT2D eigenvalue weighted by atomic mass is 15.3. The highest BCUT2D eigenvalue weighted by Gasteiger charge is 2.29. The van der Waals surface area contributed by atoms with Gasteiger partial charge < -0.3 is 10.2 Å². The second-order valence-electron chi connectivity index (χ2n) is 8.06. The van der Waals surface area contributed by atoms with Gasteiger partial charge in [0.25, 0.3) is 0 Å². The van der Waals surface area contributed by atoms with E-state index in [1.165, 1.54) is 36.9 Å². The number of nitrogens with one attached hydrogen (secondary N) is 1. The van der Waals surface area contributed by atoms with Crippen molar-refractivity contribution in [2.45, 2.75) is 51.4 Å². The molecule has 0 amide bonds. The molecule has 0 atom stereocenters. The summed E-state index contributed by atoms with van der Waals surface area (Å²) < 4.78 is 0. The molecule has 2 fully saturated rings. The highest BCUT2D eigenvalue weighted by molar-refractivity contribution is 5.45. The Balaban J connectivity index is 1.16. The second-order valence-corrected chi connectivity index (χ2v) is 8.06. The first kappa shape index (κ1) is 16.0. The summed E-state index contributed by atoms with van der Waals surface area (Å²) >= 11 is 0. The molecule has 6 heteroatoms. The van der Waals surface area contributed by atoms with Crippen LogP contribution in [0.15, 0.2) is 12.1 Å². The summed E-state index contributed by atoms with van der Waals surface area (Å²) in [5, 5.41) is 12.4. The monoisotopic (exact) mass is 350 g/mol. The molecule has 0 unspecified atom stereocenters. The Morgan fingerprint density at radius 3 is 2.77 bits per heavy atom. The van der Waals surface area contributed by atoms with Crippen molar-refractivity contribution >= 4 is 11.6 Å². The summed E-state index contributed by atoms with van der Waals surface area (Å²) in [6, 6.07) is 4.32. The van der Waals surface area contributed by atoms with Crippen molar-refractivity contribution in [3.05, 3.63) is 34.9 Å². The lowest BCUT2D eigenvalue weighted by atomic mass is 9.95. The molecule has 2 aliphatic carbocycles. The van der Waals surface area contributed by atoms with Crippen LogP contribution in [-0.2, 0) is 12.8 Å². The first-order valence-corrected chi connectivity index (χ1v) is 9.94. The van der Waals surface area contributed by atoms with Crippen LogP contribution in [0.1, 0.15) is 54.4 Å². The van der Waals surface area contributed by atoms with Gasteiger partial charge in [-0.05, 0) is 57.1 Å². The zero-order valence-corrected chi connectivity index (χ0v) is 15.4. The molecule has 3 heterocycles. The van der Waals surface area contributed by atoms with E-state index in [1.54, 1.807) is 0 Å². The van der Waals surface area contributed by atoms with E-state index >= 15 is 0 Å². The van der Waals surface area contributed by atoms with Gasteiger partial charge in [-0.2, -0.15) is 5.10 Å². The van der Waals surface area contributed by atoms with E-state index in [9.17, 15) is 0 Å². The molecule has 0 spiro atoms. The predicted molar refractivity (Wildman–Crippen MR) is 102 cm³/mol. The van der Waals surface area contributed by atoms with Crippen LogP contribution in [0.3, 0.4) is 0 Å². The maximum atomic E-state index is 4.69. The van der Waals surface area contributed by atoms with E-state index in [0.717, 1.165) is 55.6 Å². The fourth-order valence-electron chi connectivity index (χ4n) is 3.97. The smallest absolute Gasteiger partial charge is 0.151 e. The zero-order valence-electron chi connectivity index (χ0n) is 15.4. The Hall–Kier alpha value is -2.24. The first-order valence-electron chi connectivity index (χ1n) is 9.94. The average molecular weight is 350 g/mol. The summed E-state index contributed by atoms with van der Waals surface area (Å²) in [7, 11) is 0. The van der Waals surface area contributed by atoms with Gasteiger partial charge in [-0.3, -0.25) is 0 Å². The Kier molecular flexibility index (Phi) is 3.98. The van der Waals surface area contributed by atoms with E-state index in [2.05, 4.69) is 44.5 Å². The van der Waals surface area contributed by atoms with Crippen LogP contribution in [0.4, 0.5) is 11.6 Å². The number of rotatable bonds is 5. The summed E-state index contributed by atoms with van der Waals surface area (Å²) in [6.07, 6.45) is 7.27. The molecule has 6 nitrogen and oxygen atoms in total. The summed E-state index contributed by atoms with van der Waals surface area (Å²) in [4.78, 5) is 11.6. The fraction of sp³-hybridized carbons (Fsp3) is 0.600. The summed E-state index contributed by atoms with van der Waals surface area (Å²) in [5.41, 5.74) is 3.68. The molecule has 1 saturated carbocycles. The fourth-order valence-corrected chi connectivity index (χ4v) is 3.97. The molecule has 136 valence electrons. The van der Waals surface area contributed by atoms with Crippen molar-refractivity contribution in [2.24, 2.45) is 5.92 Å². The van der Waals surface area contributed by atoms with Crippen LogP contribution >= 0.6 is 0 Å². The molecule has 1 N–H and O–H groups in total. The first-order chi connectivity index (χ1) is 12.7. The van der Waals surface area contributed by atoms with Crippen molar-refractivity contribution in [2.75, 3.05) is 29.9 Å². The van der Waals surface area contributed by atoms with Crippen molar-refractivity contribution in [1.29, 1.82) is 0 Å². The number of aromatic nitrogens is 4. The second kappa shape index (κ2) is 6.49. The highest BCUT2D eigenvalue weighted by Crippen LogP contribution is 2.38. The van der Waals surface area contributed by atoms with Gasteiger partial charge in [-0.1, -0.05) is 0 Å². The number of anilines is 2. The number of aryl methyl sites for hydroxylation is 3.